The van der Waals surface area contributed by atoms with Crippen molar-refractivity contribution in [2.75, 3.05) is 0 Å². The monoisotopic (exact) mass is 240 g/mol. The molecule has 0 radical (unpaired) electrons. The van der Waals surface area contributed by atoms with Gasteiger partial charge in [0.05, 0.1) is 0 Å². The van der Waals surface area contributed by atoms with Crippen molar-refractivity contribution >= 4 is 0 Å². The van der Waals surface area contributed by atoms with Crippen LogP contribution in [0.1, 0.15) is 55.2 Å². The third kappa shape index (κ3) is 1.51. The molecule has 4 aliphatic carbocycles. The first-order valence-electron chi connectivity index (χ1n) is 7.72. The fourth-order valence-corrected chi connectivity index (χ4v) is 5.75. The second-order valence-corrected chi connectivity index (χ2v) is 7.52. The third-order valence-corrected chi connectivity index (χ3v) is 6.00. The molecule has 0 N–H and O–H groups in total. The summed E-state index contributed by atoms with van der Waals surface area (Å²) in [5.74, 6) is 3.16. The van der Waals surface area contributed by atoms with Crippen LogP contribution in [0.25, 0.3) is 0 Å². The minimum absolute atomic E-state index is 0.574. The Balaban J connectivity index is 1.81. The van der Waals surface area contributed by atoms with Gasteiger partial charge in [-0.15, -0.1) is 0 Å². The van der Waals surface area contributed by atoms with E-state index in [9.17, 15) is 0 Å². The second kappa shape index (κ2) is 3.62. The molecule has 5 rings (SSSR count). The Morgan fingerprint density at radius 3 is 2.00 bits per heavy atom. The molecular formula is C18H24. The molecule has 4 bridgehead atoms. The van der Waals surface area contributed by atoms with Gasteiger partial charge in [-0.05, 0) is 86.7 Å². The second-order valence-electron chi connectivity index (χ2n) is 7.52. The van der Waals surface area contributed by atoms with Crippen molar-refractivity contribution in [1.82, 2.24) is 0 Å². The van der Waals surface area contributed by atoms with Crippen molar-refractivity contribution in [3.8, 4) is 0 Å². The largest absolute Gasteiger partial charge is 0.0590 e. The van der Waals surface area contributed by atoms with E-state index in [1.54, 1.807) is 30.4 Å². The van der Waals surface area contributed by atoms with Crippen molar-refractivity contribution in [2.45, 2.75) is 57.8 Å². The van der Waals surface area contributed by atoms with Crippen LogP contribution in [0, 0.1) is 31.6 Å². The van der Waals surface area contributed by atoms with Crippen LogP contribution >= 0.6 is 0 Å². The Labute approximate surface area is 111 Å². The molecule has 0 heterocycles. The SMILES string of the molecule is Cc1ccc(C)c(C23CC4CC(CC(C4)C2)C3)c1. The van der Waals surface area contributed by atoms with Crippen molar-refractivity contribution < 1.29 is 0 Å². The quantitative estimate of drug-likeness (QED) is 0.663. The lowest BCUT2D eigenvalue weighted by molar-refractivity contribution is -0.00548. The molecule has 0 atom stereocenters. The Morgan fingerprint density at radius 1 is 0.889 bits per heavy atom. The molecule has 4 saturated carbocycles. The molecule has 96 valence electrons. The van der Waals surface area contributed by atoms with Gasteiger partial charge >= 0.3 is 0 Å². The van der Waals surface area contributed by atoms with Crippen LogP contribution in [0.15, 0.2) is 18.2 Å². The highest BCUT2D eigenvalue weighted by Crippen LogP contribution is 2.61. The highest BCUT2D eigenvalue weighted by atomic mass is 14.6. The lowest BCUT2D eigenvalue weighted by Crippen LogP contribution is -2.48. The third-order valence-electron chi connectivity index (χ3n) is 6.00. The lowest BCUT2D eigenvalue weighted by atomic mass is 9.47. The summed E-state index contributed by atoms with van der Waals surface area (Å²) in [6, 6.07) is 7.13. The van der Waals surface area contributed by atoms with Crippen molar-refractivity contribution in [1.29, 1.82) is 0 Å². The van der Waals surface area contributed by atoms with E-state index in [0.717, 1.165) is 17.8 Å². The molecule has 4 fully saturated rings. The molecule has 1 aromatic rings. The topological polar surface area (TPSA) is 0 Å². The number of rotatable bonds is 1. The van der Waals surface area contributed by atoms with E-state index in [1.807, 2.05) is 0 Å². The van der Waals surface area contributed by atoms with E-state index in [1.165, 1.54) is 24.8 Å². The van der Waals surface area contributed by atoms with E-state index in [4.69, 9.17) is 0 Å². The zero-order valence-corrected chi connectivity index (χ0v) is 11.7. The van der Waals surface area contributed by atoms with Gasteiger partial charge < -0.3 is 0 Å². The van der Waals surface area contributed by atoms with Gasteiger partial charge in [0.15, 0.2) is 0 Å². The van der Waals surface area contributed by atoms with Crippen LogP contribution in [0.2, 0.25) is 0 Å². The predicted molar refractivity (Wildman–Crippen MR) is 75.8 cm³/mol. The van der Waals surface area contributed by atoms with Crippen LogP contribution in [0.4, 0.5) is 0 Å². The Bertz CT molecular complexity index is 448. The van der Waals surface area contributed by atoms with Gasteiger partial charge in [-0.1, -0.05) is 23.8 Å². The molecule has 18 heavy (non-hydrogen) atoms. The molecule has 0 aromatic heterocycles. The standard InChI is InChI=1S/C18H24/c1-12-3-4-13(2)17(5-12)18-9-14-6-15(10-18)8-16(7-14)11-18/h3-5,14-16H,6-11H2,1-2H3. The molecule has 0 unspecified atom stereocenters. The van der Waals surface area contributed by atoms with Crippen molar-refractivity contribution in [3.05, 3.63) is 34.9 Å². The first-order chi connectivity index (χ1) is 8.64. The van der Waals surface area contributed by atoms with Gasteiger partial charge in [-0.25, -0.2) is 0 Å². The first-order valence-corrected chi connectivity index (χ1v) is 7.72. The summed E-state index contributed by atoms with van der Waals surface area (Å²) in [5, 5.41) is 0. The van der Waals surface area contributed by atoms with Crippen LogP contribution in [0.3, 0.4) is 0 Å². The van der Waals surface area contributed by atoms with Gasteiger partial charge in [-0.2, -0.15) is 0 Å². The molecule has 4 aliphatic rings. The summed E-state index contributed by atoms with van der Waals surface area (Å²) in [7, 11) is 0. The predicted octanol–water partition coefficient (Wildman–Crippen LogP) is 4.77. The Hall–Kier alpha value is -0.780. The number of benzene rings is 1. The van der Waals surface area contributed by atoms with E-state index >= 15 is 0 Å². The number of hydrogen-bond donors (Lipinski definition) is 0. The molecule has 0 aliphatic heterocycles. The van der Waals surface area contributed by atoms with E-state index in [2.05, 4.69) is 32.0 Å². The summed E-state index contributed by atoms with van der Waals surface area (Å²) < 4.78 is 0. The highest BCUT2D eigenvalue weighted by Gasteiger charge is 2.51. The van der Waals surface area contributed by atoms with Gasteiger partial charge in [0.2, 0.25) is 0 Å². The number of hydrogen-bond acceptors (Lipinski definition) is 0. The minimum Gasteiger partial charge on any atom is -0.0590 e. The fourth-order valence-electron chi connectivity index (χ4n) is 5.75. The first kappa shape index (κ1) is 11.1. The maximum absolute atomic E-state index is 2.50. The summed E-state index contributed by atoms with van der Waals surface area (Å²) in [5.41, 5.74) is 5.28. The molecule has 0 saturated heterocycles. The van der Waals surface area contributed by atoms with Crippen molar-refractivity contribution in [3.63, 3.8) is 0 Å². The molecule has 0 amide bonds. The zero-order valence-electron chi connectivity index (χ0n) is 11.7. The van der Waals surface area contributed by atoms with Gasteiger partial charge in [-0.3, -0.25) is 0 Å². The molecule has 1 aromatic carbocycles. The summed E-state index contributed by atoms with van der Waals surface area (Å²) >= 11 is 0. The van der Waals surface area contributed by atoms with E-state index in [0.29, 0.717) is 5.41 Å². The highest BCUT2D eigenvalue weighted by molar-refractivity contribution is 5.38. The fraction of sp³-hybridized carbons (Fsp3) is 0.667. The molecule has 0 nitrogen and oxygen atoms in total. The zero-order chi connectivity index (χ0) is 12.3. The molecular weight excluding hydrogens is 216 g/mol. The Morgan fingerprint density at radius 2 is 1.44 bits per heavy atom. The average Bonchev–Trinajstić information content (AvgIpc) is 2.30. The number of aryl methyl sites for hydroxylation is 2. The lowest BCUT2D eigenvalue weighted by Gasteiger charge is -2.57. The van der Waals surface area contributed by atoms with Crippen LogP contribution in [-0.4, -0.2) is 0 Å². The van der Waals surface area contributed by atoms with Gasteiger partial charge in [0.1, 0.15) is 0 Å². The summed E-state index contributed by atoms with van der Waals surface area (Å²) in [6.07, 6.45) is 9.11. The van der Waals surface area contributed by atoms with E-state index in [-0.39, 0.29) is 0 Å². The van der Waals surface area contributed by atoms with Gasteiger partial charge in [0.25, 0.3) is 0 Å². The summed E-state index contributed by atoms with van der Waals surface area (Å²) in [6.45, 7) is 4.58. The minimum atomic E-state index is 0.574. The maximum Gasteiger partial charge on any atom is -0.00363 e. The smallest absolute Gasteiger partial charge is 0.00363 e. The average molecular weight is 240 g/mol. The van der Waals surface area contributed by atoms with Crippen LogP contribution in [0.5, 0.6) is 0 Å². The Kier molecular flexibility index (Phi) is 2.23. The summed E-state index contributed by atoms with van der Waals surface area (Å²) in [4.78, 5) is 0. The molecule has 0 heteroatoms. The van der Waals surface area contributed by atoms with Crippen LogP contribution in [-0.2, 0) is 5.41 Å². The normalized spacial score (nSPS) is 41.3. The van der Waals surface area contributed by atoms with E-state index < -0.39 is 0 Å². The van der Waals surface area contributed by atoms with Gasteiger partial charge in [0, 0.05) is 0 Å². The molecule has 0 spiro atoms. The van der Waals surface area contributed by atoms with Crippen LogP contribution < -0.4 is 0 Å². The maximum atomic E-state index is 2.50. The van der Waals surface area contributed by atoms with Crippen molar-refractivity contribution in [2.24, 2.45) is 17.8 Å².